The summed E-state index contributed by atoms with van der Waals surface area (Å²) in [5.74, 6) is -3.02. The predicted octanol–water partition coefficient (Wildman–Crippen LogP) is 6.99. The van der Waals surface area contributed by atoms with Crippen LogP contribution < -0.4 is 15.2 Å². The molecule has 2 unspecified atom stereocenters. The molecule has 0 aliphatic rings. The summed E-state index contributed by atoms with van der Waals surface area (Å²) in [7, 11) is -2.63. The van der Waals surface area contributed by atoms with Gasteiger partial charge in [-0.05, 0) is 49.2 Å². The average molecular weight is 506 g/mol. The third-order valence-corrected chi connectivity index (χ3v) is 5.86. The van der Waals surface area contributed by atoms with E-state index in [-0.39, 0.29) is 17.3 Å². The van der Waals surface area contributed by atoms with Crippen molar-refractivity contribution < 1.29 is 26.5 Å². The van der Waals surface area contributed by atoms with Crippen LogP contribution in [-0.2, 0) is 11.0 Å². The van der Waals surface area contributed by atoms with Gasteiger partial charge in [-0.25, -0.2) is 13.6 Å². The summed E-state index contributed by atoms with van der Waals surface area (Å²) in [5.41, 5.74) is 9.51. The lowest BCUT2D eigenvalue weighted by atomic mass is 10.0. The Bertz CT molecular complexity index is 1330. The van der Waals surface area contributed by atoms with E-state index in [9.17, 15) is 17.4 Å². The Hall–Kier alpha value is -3.53. The number of ether oxygens (including phenoxy) is 1. The molecule has 6 nitrogen and oxygen atoms in total. The van der Waals surface area contributed by atoms with Gasteiger partial charge in [0.15, 0.2) is 11.0 Å². The van der Waals surface area contributed by atoms with Crippen LogP contribution in [0.4, 0.5) is 24.7 Å². The molecule has 0 amide bonds. The smallest absolute Gasteiger partial charge is 0.330 e. The number of fused-ring (bicyclic) bond motifs is 1. The Morgan fingerprint density at radius 2 is 1.83 bits per heavy atom. The predicted molar refractivity (Wildman–Crippen MR) is 133 cm³/mol. The van der Waals surface area contributed by atoms with Gasteiger partial charge in [0.25, 0.3) is 0 Å². The lowest BCUT2D eigenvalue weighted by Gasteiger charge is -2.19. The van der Waals surface area contributed by atoms with Crippen LogP contribution in [0, 0.1) is 12.7 Å². The normalized spacial score (nSPS) is 12.7. The first kappa shape index (κ1) is 26.1. The molecule has 2 atom stereocenters. The molecule has 0 radical (unpaired) electrons. The van der Waals surface area contributed by atoms with E-state index >= 15 is 0 Å². The van der Waals surface area contributed by atoms with Gasteiger partial charge < -0.3 is 14.9 Å². The number of nitrogens with one attached hydrogen (secondary N) is 1. The SMILES string of the molecule is CC.Cc1cnc(N)c2c(-c3ccc(NS(=O)C(F)F)c(OC(C)c4ccc(F)cc4)c3)coc12. The van der Waals surface area contributed by atoms with Gasteiger partial charge in [-0.1, -0.05) is 32.0 Å². The highest BCUT2D eigenvalue weighted by atomic mass is 32.2. The van der Waals surface area contributed by atoms with E-state index in [2.05, 4.69) is 9.71 Å². The minimum absolute atomic E-state index is 0.112. The van der Waals surface area contributed by atoms with Crippen LogP contribution in [0.3, 0.4) is 0 Å². The van der Waals surface area contributed by atoms with Crippen LogP contribution in [-0.4, -0.2) is 15.0 Å². The minimum Gasteiger partial charge on any atom is -0.484 e. The Balaban J connectivity index is 0.00000167. The van der Waals surface area contributed by atoms with Crippen LogP contribution in [0.1, 0.15) is 38.0 Å². The fraction of sp³-hybridized carbons (Fsp3) is 0.240. The topological polar surface area (TPSA) is 90.4 Å². The molecule has 10 heteroatoms. The average Bonchev–Trinajstić information content (AvgIpc) is 3.31. The second-order valence-corrected chi connectivity index (χ2v) is 8.52. The van der Waals surface area contributed by atoms with E-state index in [1.165, 1.54) is 24.5 Å². The molecule has 0 saturated heterocycles. The van der Waals surface area contributed by atoms with Crippen molar-refractivity contribution in [2.45, 2.75) is 39.6 Å². The highest BCUT2D eigenvalue weighted by Crippen LogP contribution is 2.39. The molecule has 3 N–H and O–H groups in total. The van der Waals surface area contributed by atoms with Crippen molar-refractivity contribution in [1.29, 1.82) is 0 Å². The van der Waals surface area contributed by atoms with E-state index in [1.54, 1.807) is 37.4 Å². The molecule has 0 aliphatic carbocycles. The molecule has 0 aliphatic heterocycles. The quantitative estimate of drug-likeness (QED) is 0.283. The van der Waals surface area contributed by atoms with E-state index in [0.717, 1.165) is 5.56 Å². The maximum atomic E-state index is 13.3. The number of hydrogen-bond donors (Lipinski definition) is 2. The minimum atomic E-state index is -3.08. The molecular weight excluding hydrogens is 479 g/mol. The summed E-state index contributed by atoms with van der Waals surface area (Å²) < 4.78 is 64.8. The van der Waals surface area contributed by atoms with Crippen molar-refractivity contribution in [2.24, 2.45) is 0 Å². The second-order valence-electron chi connectivity index (χ2n) is 7.36. The van der Waals surface area contributed by atoms with Crippen molar-refractivity contribution >= 4 is 33.5 Å². The van der Waals surface area contributed by atoms with Gasteiger partial charge >= 0.3 is 5.76 Å². The van der Waals surface area contributed by atoms with Crippen molar-refractivity contribution in [3.8, 4) is 16.9 Å². The second kappa shape index (κ2) is 11.3. The Kier molecular flexibility index (Phi) is 8.39. The maximum Gasteiger partial charge on any atom is 0.330 e. The summed E-state index contributed by atoms with van der Waals surface area (Å²) in [6.07, 6.45) is 2.58. The van der Waals surface area contributed by atoms with E-state index < -0.39 is 28.7 Å². The number of halogens is 3. The zero-order valence-electron chi connectivity index (χ0n) is 19.6. The summed E-state index contributed by atoms with van der Waals surface area (Å²) >= 11 is 0. The molecule has 0 spiro atoms. The zero-order chi connectivity index (χ0) is 25.7. The van der Waals surface area contributed by atoms with Crippen molar-refractivity contribution in [3.05, 3.63) is 71.9 Å². The first-order chi connectivity index (χ1) is 16.7. The van der Waals surface area contributed by atoms with Gasteiger partial charge in [0, 0.05) is 17.3 Å². The first-order valence-corrected chi connectivity index (χ1v) is 12.1. The molecule has 2 heterocycles. The molecule has 0 saturated carbocycles. The summed E-state index contributed by atoms with van der Waals surface area (Å²) in [6.45, 7) is 7.57. The number of nitrogens with zero attached hydrogens (tertiary/aromatic N) is 1. The van der Waals surface area contributed by atoms with Gasteiger partial charge in [0.1, 0.15) is 29.1 Å². The standard InChI is InChI=1S/C23H20F3N3O3S.C2H6/c1-12-10-28-22(27)20-17(11-31-21(12)20)15-5-8-18(29-33(30)23(25)26)19(9-15)32-13(2)14-3-6-16(24)7-4-14;1-2/h3-11,13,23,29H,1-2H3,(H2,27,28);1-2H3. The van der Waals surface area contributed by atoms with Gasteiger partial charge in [0.05, 0.1) is 17.3 Å². The number of benzene rings is 2. The third kappa shape index (κ3) is 5.76. The van der Waals surface area contributed by atoms with Gasteiger partial charge in [-0.2, -0.15) is 8.78 Å². The number of nitrogens with two attached hydrogens (primary N) is 1. The summed E-state index contributed by atoms with van der Waals surface area (Å²) in [5, 5.41) is 0.615. The molecule has 2 aromatic heterocycles. The first-order valence-electron chi connectivity index (χ1n) is 10.9. The monoisotopic (exact) mass is 505 g/mol. The number of pyridine rings is 1. The van der Waals surface area contributed by atoms with Gasteiger partial charge in [0.2, 0.25) is 0 Å². The van der Waals surface area contributed by atoms with Crippen LogP contribution >= 0.6 is 0 Å². The number of hydrogen-bond acceptors (Lipinski definition) is 5. The molecular formula is C25H26F3N3O3S. The maximum absolute atomic E-state index is 13.3. The number of aromatic nitrogens is 1. The molecule has 4 aromatic rings. The number of anilines is 2. The van der Waals surface area contributed by atoms with E-state index in [0.29, 0.717) is 27.7 Å². The molecule has 4 rings (SSSR count). The number of aryl methyl sites for hydroxylation is 1. The van der Waals surface area contributed by atoms with Crippen LogP contribution in [0.2, 0.25) is 0 Å². The largest absolute Gasteiger partial charge is 0.484 e. The third-order valence-electron chi connectivity index (χ3n) is 5.11. The van der Waals surface area contributed by atoms with Crippen LogP contribution in [0.15, 0.2) is 59.3 Å². The Labute approximate surface area is 203 Å². The fourth-order valence-corrected chi connectivity index (χ4v) is 3.90. The summed E-state index contributed by atoms with van der Waals surface area (Å²) in [4.78, 5) is 4.18. The highest BCUT2D eigenvalue weighted by Gasteiger charge is 2.20. The lowest BCUT2D eigenvalue weighted by molar-refractivity contribution is 0.228. The highest BCUT2D eigenvalue weighted by molar-refractivity contribution is 7.86. The number of nitrogen functional groups attached to an aromatic ring is 1. The van der Waals surface area contributed by atoms with Crippen LogP contribution in [0.5, 0.6) is 5.75 Å². The van der Waals surface area contributed by atoms with E-state index in [4.69, 9.17) is 14.9 Å². The lowest BCUT2D eigenvalue weighted by Crippen LogP contribution is -2.14. The van der Waals surface area contributed by atoms with Gasteiger partial charge in [-0.15, -0.1) is 0 Å². The molecule has 0 fully saturated rings. The molecule has 35 heavy (non-hydrogen) atoms. The number of furan rings is 1. The van der Waals surface area contributed by atoms with Crippen LogP contribution in [0.25, 0.3) is 22.1 Å². The Morgan fingerprint density at radius 3 is 2.49 bits per heavy atom. The summed E-state index contributed by atoms with van der Waals surface area (Å²) in [6, 6.07) is 10.5. The van der Waals surface area contributed by atoms with Crippen molar-refractivity contribution in [1.82, 2.24) is 4.98 Å². The molecule has 0 bridgehead atoms. The molecule has 2 aromatic carbocycles. The zero-order valence-corrected chi connectivity index (χ0v) is 20.5. The van der Waals surface area contributed by atoms with Gasteiger partial charge in [-0.3, -0.25) is 4.72 Å². The van der Waals surface area contributed by atoms with Crippen molar-refractivity contribution in [2.75, 3.05) is 10.5 Å². The number of rotatable bonds is 7. The van der Waals surface area contributed by atoms with E-state index in [1.807, 2.05) is 20.8 Å². The van der Waals surface area contributed by atoms with Crippen molar-refractivity contribution in [3.63, 3.8) is 0 Å². The fourth-order valence-electron chi connectivity index (χ4n) is 3.42. The molecule has 186 valence electrons. The Morgan fingerprint density at radius 1 is 1.14 bits per heavy atom. The number of alkyl halides is 2.